The van der Waals surface area contributed by atoms with E-state index in [-0.39, 0.29) is 28.6 Å². The number of anilines is 1. The Morgan fingerprint density at radius 2 is 2.21 bits per heavy atom. The van der Waals surface area contributed by atoms with E-state index in [1.54, 1.807) is 23.1 Å². The molecule has 0 radical (unpaired) electrons. The topological polar surface area (TPSA) is 119 Å². The highest BCUT2D eigenvalue weighted by Crippen LogP contribution is 2.24. The van der Waals surface area contributed by atoms with Gasteiger partial charge in [0.05, 0.1) is 5.39 Å². The minimum atomic E-state index is -1.38. The normalized spacial score (nSPS) is 16.4. The Hall–Kier alpha value is -3.46. The first kappa shape index (κ1) is 18.9. The maximum absolute atomic E-state index is 14.7. The van der Waals surface area contributed by atoms with E-state index in [2.05, 4.69) is 15.3 Å². The van der Waals surface area contributed by atoms with E-state index in [1.807, 2.05) is 6.07 Å². The summed E-state index contributed by atoms with van der Waals surface area (Å²) in [4.78, 5) is 32.0. The van der Waals surface area contributed by atoms with Crippen LogP contribution in [-0.2, 0) is 6.54 Å². The molecule has 3 aromatic rings. The van der Waals surface area contributed by atoms with Crippen molar-refractivity contribution in [2.45, 2.75) is 19.0 Å². The third-order valence-corrected chi connectivity index (χ3v) is 5.02. The summed E-state index contributed by atoms with van der Waals surface area (Å²) in [6, 6.07) is 8.13. The van der Waals surface area contributed by atoms with Gasteiger partial charge in [-0.2, -0.15) is 0 Å². The molecule has 9 heteroatoms. The fourth-order valence-corrected chi connectivity index (χ4v) is 3.54. The number of H-pyrrole nitrogens is 1. The Labute approximate surface area is 164 Å². The van der Waals surface area contributed by atoms with E-state index in [9.17, 15) is 19.1 Å². The molecule has 8 nitrogen and oxygen atoms in total. The second-order valence-electron chi connectivity index (χ2n) is 7.01. The van der Waals surface area contributed by atoms with E-state index < -0.39 is 22.8 Å². The van der Waals surface area contributed by atoms with Crippen LogP contribution < -0.4 is 15.6 Å². The number of nitrogens with zero attached hydrogens (tertiary/aromatic N) is 2. The van der Waals surface area contributed by atoms with Crippen molar-refractivity contribution in [1.82, 2.24) is 15.3 Å². The second kappa shape index (κ2) is 7.51. The number of aromatic carboxylic acids is 1. The molecule has 0 amide bonds. The van der Waals surface area contributed by atoms with Crippen LogP contribution in [0, 0.1) is 5.82 Å². The van der Waals surface area contributed by atoms with Gasteiger partial charge in [0.1, 0.15) is 17.0 Å². The van der Waals surface area contributed by atoms with Crippen molar-refractivity contribution in [3.63, 3.8) is 0 Å². The third kappa shape index (κ3) is 3.77. The van der Waals surface area contributed by atoms with Crippen molar-refractivity contribution < 1.29 is 19.4 Å². The van der Waals surface area contributed by atoms with Gasteiger partial charge in [-0.1, -0.05) is 12.1 Å². The second-order valence-corrected chi connectivity index (χ2v) is 7.01. The first-order valence-corrected chi connectivity index (χ1v) is 9.14. The molecule has 4 N–H and O–H groups in total. The first-order valence-electron chi connectivity index (χ1n) is 9.14. The van der Waals surface area contributed by atoms with E-state index >= 15 is 0 Å². The van der Waals surface area contributed by atoms with Gasteiger partial charge in [-0.25, -0.2) is 14.2 Å². The number of nitrogens with one attached hydrogen (secondary N) is 2. The van der Waals surface area contributed by atoms with Crippen LogP contribution in [-0.4, -0.2) is 45.3 Å². The van der Waals surface area contributed by atoms with Crippen molar-refractivity contribution in [2.75, 3.05) is 18.0 Å². The van der Waals surface area contributed by atoms with Gasteiger partial charge in [0.25, 0.3) is 0 Å². The van der Waals surface area contributed by atoms with Crippen LogP contribution in [0.3, 0.4) is 0 Å². The predicted molar refractivity (Wildman–Crippen MR) is 105 cm³/mol. The average Bonchev–Trinajstić information content (AvgIpc) is 3.15. The number of benzene rings is 1. The van der Waals surface area contributed by atoms with Gasteiger partial charge in [0, 0.05) is 31.9 Å². The number of pyridine rings is 2. The predicted octanol–water partition coefficient (Wildman–Crippen LogP) is 1.83. The summed E-state index contributed by atoms with van der Waals surface area (Å²) in [5.41, 5.74) is -0.127. The molecule has 29 heavy (non-hydrogen) atoms. The van der Waals surface area contributed by atoms with Crippen LogP contribution in [0.25, 0.3) is 11.0 Å². The monoisotopic (exact) mass is 398 g/mol. The molecule has 150 valence electrons. The number of aromatic nitrogens is 2. The summed E-state index contributed by atoms with van der Waals surface area (Å²) in [6.45, 7) is 1.70. The van der Waals surface area contributed by atoms with E-state index in [4.69, 9.17) is 5.11 Å². The maximum atomic E-state index is 14.7. The molecule has 0 bridgehead atoms. The number of carbonyl (C=O) groups is 1. The molecule has 3 heterocycles. The number of aromatic amines is 1. The van der Waals surface area contributed by atoms with E-state index in [0.29, 0.717) is 19.6 Å². The van der Waals surface area contributed by atoms with Crippen molar-refractivity contribution >= 4 is 22.8 Å². The molecule has 0 saturated carbocycles. The Morgan fingerprint density at radius 1 is 1.38 bits per heavy atom. The first-order chi connectivity index (χ1) is 13.9. The lowest BCUT2D eigenvalue weighted by atomic mass is 10.2. The zero-order valence-corrected chi connectivity index (χ0v) is 15.4. The van der Waals surface area contributed by atoms with Crippen LogP contribution in [0.1, 0.15) is 22.3 Å². The summed E-state index contributed by atoms with van der Waals surface area (Å²) < 4.78 is 14.7. The van der Waals surface area contributed by atoms with Crippen LogP contribution in [0.5, 0.6) is 5.75 Å². The molecule has 1 aliphatic heterocycles. The minimum absolute atomic E-state index is 0.0936. The molecule has 0 spiro atoms. The zero-order chi connectivity index (χ0) is 20.5. The summed E-state index contributed by atoms with van der Waals surface area (Å²) in [7, 11) is 0. The number of hydrogen-bond donors (Lipinski definition) is 4. The average molecular weight is 398 g/mol. The number of aromatic hydroxyl groups is 1. The number of fused-ring (bicyclic) bond motifs is 1. The van der Waals surface area contributed by atoms with Gasteiger partial charge in [-0.3, -0.25) is 4.79 Å². The van der Waals surface area contributed by atoms with E-state index in [0.717, 1.165) is 24.2 Å². The highest BCUT2D eigenvalue weighted by molar-refractivity contribution is 5.91. The molecule has 1 saturated heterocycles. The van der Waals surface area contributed by atoms with Crippen molar-refractivity contribution in [2.24, 2.45) is 0 Å². The number of rotatable bonds is 5. The Balaban J connectivity index is 1.51. The molecule has 0 aliphatic carbocycles. The smallest absolute Gasteiger partial charge is 0.341 e. The van der Waals surface area contributed by atoms with Crippen molar-refractivity contribution in [3.8, 4) is 5.75 Å². The number of carboxylic acid groups (broad SMARTS) is 1. The summed E-state index contributed by atoms with van der Waals surface area (Å²) in [5, 5.41) is 21.9. The highest BCUT2D eigenvalue weighted by Gasteiger charge is 2.26. The molecule has 1 atom stereocenters. The number of phenols is 1. The van der Waals surface area contributed by atoms with Gasteiger partial charge >= 0.3 is 5.97 Å². The highest BCUT2D eigenvalue weighted by atomic mass is 19.1. The van der Waals surface area contributed by atoms with Crippen LogP contribution in [0.2, 0.25) is 0 Å². The maximum Gasteiger partial charge on any atom is 0.341 e. The SMILES string of the molecule is O=C(O)c1c[nH]c2nc(N3CCC(NCc4cccc(O)c4)C3)c(F)cc2c1=O. The number of carboxylic acids is 1. The Bertz CT molecular complexity index is 1150. The molecule has 1 fully saturated rings. The van der Waals surface area contributed by atoms with Gasteiger partial charge in [-0.05, 0) is 30.2 Å². The number of halogens is 1. The minimum Gasteiger partial charge on any atom is -0.508 e. The molecule has 1 aromatic carbocycles. The zero-order valence-electron chi connectivity index (χ0n) is 15.4. The molecule has 4 rings (SSSR count). The lowest BCUT2D eigenvalue weighted by Crippen LogP contribution is -2.32. The third-order valence-electron chi connectivity index (χ3n) is 5.02. The lowest BCUT2D eigenvalue weighted by Gasteiger charge is -2.19. The van der Waals surface area contributed by atoms with Crippen molar-refractivity contribution in [1.29, 1.82) is 0 Å². The fraction of sp³-hybridized carbons (Fsp3) is 0.250. The Kier molecular flexibility index (Phi) is 4.89. The molecule has 1 aliphatic rings. The molecular formula is C20H19FN4O4. The molecule has 1 unspecified atom stereocenters. The largest absolute Gasteiger partial charge is 0.508 e. The lowest BCUT2D eigenvalue weighted by molar-refractivity contribution is 0.0695. The molecular weight excluding hydrogens is 379 g/mol. The number of phenolic OH excluding ortho intramolecular Hbond substituents is 1. The fourth-order valence-electron chi connectivity index (χ4n) is 3.54. The summed E-state index contributed by atoms with van der Waals surface area (Å²) >= 11 is 0. The van der Waals surface area contributed by atoms with Gasteiger partial charge in [-0.15, -0.1) is 0 Å². The standard InChI is InChI=1S/C20H19FN4O4/c21-16-7-14-17(27)15(20(28)29)9-23-18(14)24-19(16)25-5-4-12(10-25)22-8-11-2-1-3-13(26)6-11/h1-3,6-7,9,12,22,26H,4-5,8,10H2,(H,28,29)(H,23,24,27). The Morgan fingerprint density at radius 3 is 2.97 bits per heavy atom. The van der Waals surface area contributed by atoms with Crippen molar-refractivity contribution in [3.05, 3.63) is 63.7 Å². The van der Waals surface area contributed by atoms with Crippen LogP contribution in [0.15, 0.2) is 41.3 Å². The summed E-state index contributed by atoms with van der Waals surface area (Å²) in [6.07, 6.45) is 1.86. The van der Waals surface area contributed by atoms with Gasteiger partial charge in [0.2, 0.25) is 5.43 Å². The van der Waals surface area contributed by atoms with Gasteiger partial charge in [0.15, 0.2) is 11.6 Å². The summed E-state index contributed by atoms with van der Waals surface area (Å²) in [5.74, 6) is -1.71. The van der Waals surface area contributed by atoms with Crippen LogP contribution >= 0.6 is 0 Å². The van der Waals surface area contributed by atoms with Crippen LogP contribution in [0.4, 0.5) is 10.2 Å². The number of hydrogen-bond acceptors (Lipinski definition) is 6. The van der Waals surface area contributed by atoms with Gasteiger partial charge < -0.3 is 25.4 Å². The quantitative estimate of drug-likeness (QED) is 0.518. The molecule has 2 aromatic heterocycles. The van der Waals surface area contributed by atoms with E-state index in [1.165, 1.54) is 0 Å².